The van der Waals surface area contributed by atoms with Crippen molar-refractivity contribution in [1.29, 1.82) is 0 Å². The zero-order chi connectivity index (χ0) is 10.9. The summed E-state index contributed by atoms with van der Waals surface area (Å²) in [6, 6.07) is 0. The van der Waals surface area contributed by atoms with Gasteiger partial charge >= 0.3 is 5.97 Å². The van der Waals surface area contributed by atoms with Crippen molar-refractivity contribution < 1.29 is 19.7 Å². The Kier molecular flexibility index (Phi) is 3.47. The number of hydrogen-bond acceptors (Lipinski definition) is 4. The third-order valence-corrected chi connectivity index (χ3v) is 1.95. The van der Waals surface area contributed by atoms with Crippen LogP contribution < -0.4 is 0 Å². The van der Waals surface area contributed by atoms with E-state index in [1.54, 1.807) is 20.8 Å². The quantitative estimate of drug-likeness (QED) is 0.615. The summed E-state index contributed by atoms with van der Waals surface area (Å²) in [5.74, 6) is -0.824. The molecular formula is C9H18O4. The summed E-state index contributed by atoms with van der Waals surface area (Å²) in [6.45, 7) is 6.44. The lowest BCUT2D eigenvalue weighted by Gasteiger charge is -2.35. The van der Waals surface area contributed by atoms with E-state index in [0.29, 0.717) is 0 Å². The minimum Gasteiger partial charge on any atom is -0.467 e. The van der Waals surface area contributed by atoms with Crippen LogP contribution in [0.15, 0.2) is 0 Å². The van der Waals surface area contributed by atoms with Gasteiger partial charge in [-0.3, -0.25) is 0 Å². The molecular weight excluding hydrogens is 172 g/mol. The van der Waals surface area contributed by atoms with Gasteiger partial charge < -0.3 is 14.9 Å². The molecule has 0 saturated carbocycles. The normalized spacial score (nSPS) is 19.0. The topological polar surface area (TPSA) is 66.8 Å². The molecule has 0 amide bonds. The predicted molar refractivity (Wildman–Crippen MR) is 48.1 cm³/mol. The smallest absolute Gasteiger partial charge is 0.340 e. The number of hydrogen-bond donors (Lipinski definition) is 2. The van der Waals surface area contributed by atoms with Crippen molar-refractivity contribution in [3.8, 4) is 0 Å². The van der Waals surface area contributed by atoms with Gasteiger partial charge in [0.25, 0.3) is 0 Å². The Morgan fingerprint density at radius 3 is 1.92 bits per heavy atom. The van der Waals surface area contributed by atoms with Gasteiger partial charge in [-0.15, -0.1) is 0 Å². The lowest BCUT2D eigenvalue weighted by molar-refractivity contribution is -0.181. The first-order valence-electron chi connectivity index (χ1n) is 4.13. The minimum absolute atomic E-state index is 0.572. The maximum Gasteiger partial charge on any atom is 0.340 e. The number of rotatable bonds is 2. The Balaban J connectivity index is 4.74. The van der Waals surface area contributed by atoms with Crippen LogP contribution in [0.3, 0.4) is 0 Å². The Labute approximate surface area is 78.5 Å². The number of aliphatic hydroxyl groups is 2. The fraction of sp³-hybridized carbons (Fsp3) is 0.889. The minimum atomic E-state index is -1.85. The molecule has 0 unspecified atom stereocenters. The van der Waals surface area contributed by atoms with E-state index in [1.807, 2.05) is 0 Å². The van der Waals surface area contributed by atoms with Gasteiger partial charge in [-0.25, -0.2) is 4.79 Å². The molecule has 2 N–H and O–H groups in total. The summed E-state index contributed by atoms with van der Waals surface area (Å²) in [7, 11) is 1.17. The first-order chi connectivity index (χ1) is 5.64. The molecule has 0 rings (SSSR count). The first kappa shape index (κ1) is 12.4. The van der Waals surface area contributed by atoms with Crippen LogP contribution in [0.5, 0.6) is 0 Å². The van der Waals surface area contributed by atoms with Gasteiger partial charge in [0.2, 0.25) is 0 Å². The van der Waals surface area contributed by atoms with E-state index in [2.05, 4.69) is 4.74 Å². The van der Waals surface area contributed by atoms with Crippen molar-refractivity contribution in [3.05, 3.63) is 0 Å². The Morgan fingerprint density at radius 2 is 1.69 bits per heavy atom. The summed E-state index contributed by atoms with van der Waals surface area (Å²) < 4.78 is 4.38. The van der Waals surface area contributed by atoms with Crippen LogP contribution in [-0.4, -0.2) is 35.0 Å². The zero-order valence-electron chi connectivity index (χ0n) is 8.79. The molecule has 4 heteroatoms. The molecule has 0 aliphatic rings. The second-order valence-corrected chi connectivity index (χ2v) is 4.41. The van der Waals surface area contributed by atoms with Gasteiger partial charge in [-0.1, -0.05) is 20.8 Å². The standard InChI is InChI=1S/C9H18O4/c1-8(2,3)6(10)9(4,12)7(11)13-5/h6,10,12H,1-5H3/t6-,9-/m1/s1. The maximum absolute atomic E-state index is 11.1. The highest BCUT2D eigenvalue weighted by Crippen LogP contribution is 2.28. The zero-order valence-corrected chi connectivity index (χ0v) is 8.79. The van der Waals surface area contributed by atoms with E-state index in [9.17, 15) is 15.0 Å². The van der Waals surface area contributed by atoms with Crippen molar-refractivity contribution in [2.24, 2.45) is 5.41 Å². The highest BCUT2D eigenvalue weighted by atomic mass is 16.5. The molecule has 0 aromatic carbocycles. The molecule has 0 saturated heterocycles. The van der Waals surface area contributed by atoms with Crippen LogP contribution in [0, 0.1) is 5.41 Å². The summed E-state index contributed by atoms with van der Waals surface area (Å²) in [6.07, 6.45) is -1.16. The van der Waals surface area contributed by atoms with Crippen molar-refractivity contribution >= 4 is 5.97 Å². The van der Waals surface area contributed by atoms with Crippen molar-refractivity contribution in [3.63, 3.8) is 0 Å². The molecule has 2 atom stereocenters. The van der Waals surface area contributed by atoms with Gasteiger partial charge in [-0.05, 0) is 12.3 Å². The van der Waals surface area contributed by atoms with Gasteiger partial charge in [-0.2, -0.15) is 0 Å². The van der Waals surface area contributed by atoms with E-state index >= 15 is 0 Å². The third kappa shape index (κ3) is 2.67. The molecule has 0 heterocycles. The number of methoxy groups -OCH3 is 1. The fourth-order valence-corrected chi connectivity index (χ4v) is 1.16. The number of aliphatic hydroxyl groups excluding tert-OH is 1. The van der Waals surface area contributed by atoms with Crippen LogP contribution in [0.1, 0.15) is 27.7 Å². The maximum atomic E-state index is 11.1. The van der Waals surface area contributed by atoms with Gasteiger partial charge in [0, 0.05) is 0 Å². The van der Waals surface area contributed by atoms with Crippen LogP contribution in [0.4, 0.5) is 0 Å². The molecule has 4 nitrogen and oxygen atoms in total. The fourth-order valence-electron chi connectivity index (χ4n) is 1.16. The molecule has 0 fully saturated rings. The monoisotopic (exact) mass is 190 g/mol. The molecule has 0 radical (unpaired) electrons. The lowest BCUT2D eigenvalue weighted by Crippen LogP contribution is -2.53. The third-order valence-electron chi connectivity index (χ3n) is 1.95. The Bertz CT molecular complexity index is 190. The number of ether oxygens (including phenoxy) is 1. The molecule has 0 spiro atoms. The summed E-state index contributed by atoms with van der Waals surface area (Å²) in [5.41, 5.74) is -2.43. The van der Waals surface area contributed by atoms with Gasteiger partial charge in [0.15, 0.2) is 5.60 Å². The largest absolute Gasteiger partial charge is 0.467 e. The van der Waals surface area contributed by atoms with E-state index in [0.717, 1.165) is 0 Å². The number of carbonyl (C=O) groups excluding carboxylic acids is 1. The van der Waals surface area contributed by atoms with Crippen LogP contribution in [-0.2, 0) is 9.53 Å². The van der Waals surface area contributed by atoms with E-state index in [-0.39, 0.29) is 0 Å². The Morgan fingerprint density at radius 1 is 1.31 bits per heavy atom. The van der Waals surface area contributed by atoms with E-state index in [4.69, 9.17) is 0 Å². The van der Waals surface area contributed by atoms with Crippen molar-refractivity contribution in [1.82, 2.24) is 0 Å². The van der Waals surface area contributed by atoms with E-state index < -0.39 is 23.1 Å². The molecule has 78 valence electrons. The summed E-state index contributed by atoms with van der Waals surface area (Å²) >= 11 is 0. The van der Waals surface area contributed by atoms with Gasteiger partial charge in [0.05, 0.1) is 13.2 Å². The van der Waals surface area contributed by atoms with Crippen LogP contribution in [0.2, 0.25) is 0 Å². The molecule has 0 aliphatic carbocycles. The first-order valence-corrected chi connectivity index (χ1v) is 4.13. The highest BCUT2D eigenvalue weighted by Gasteiger charge is 2.45. The average Bonchev–Trinajstić information content (AvgIpc) is 1.99. The highest BCUT2D eigenvalue weighted by molar-refractivity contribution is 5.79. The molecule has 0 bridgehead atoms. The molecule has 0 aliphatic heterocycles. The summed E-state index contributed by atoms with van der Waals surface area (Å²) in [5, 5.41) is 19.3. The van der Waals surface area contributed by atoms with Gasteiger partial charge in [0.1, 0.15) is 0 Å². The molecule has 0 aromatic rings. The Hall–Kier alpha value is -0.610. The molecule has 13 heavy (non-hydrogen) atoms. The number of esters is 1. The van der Waals surface area contributed by atoms with Crippen LogP contribution in [0.25, 0.3) is 0 Å². The van der Waals surface area contributed by atoms with Crippen molar-refractivity contribution in [2.75, 3.05) is 7.11 Å². The molecule has 0 aromatic heterocycles. The second kappa shape index (κ2) is 3.64. The van der Waals surface area contributed by atoms with E-state index in [1.165, 1.54) is 14.0 Å². The van der Waals surface area contributed by atoms with Crippen LogP contribution >= 0.6 is 0 Å². The average molecular weight is 190 g/mol. The summed E-state index contributed by atoms with van der Waals surface area (Å²) in [4.78, 5) is 11.1. The predicted octanol–water partition coefficient (Wildman–Crippen LogP) is 0.317. The second-order valence-electron chi connectivity index (χ2n) is 4.41. The van der Waals surface area contributed by atoms with Crippen molar-refractivity contribution in [2.45, 2.75) is 39.4 Å². The number of carbonyl (C=O) groups is 1. The SMILES string of the molecule is COC(=O)[C@](C)(O)[C@H](O)C(C)(C)C. The lowest BCUT2D eigenvalue weighted by atomic mass is 9.79.